The van der Waals surface area contributed by atoms with Gasteiger partial charge < -0.3 is 14.8 Å². The monoisotopic (exact) mass is 434 g/mol. The molecule has 0 saturated heterocycles. The number of hydrogen-bond acceptors (Lipinski definition) is 4. The van der Waals surface area contributed by atoms with Crippen molar-refractivity contribution in [2.75, 3.05) is 19.0 Å². The van der Waals surface area contributed by atoms with E-state index in [9.17, 15) is 10.1 Å². The first-order chi connectivity index (χ1) is 12.5. The molecule has 7 heteroatoms. The molecule has 0 fully saturated rings. The topological polar surface area (TPSA) is 71.3 Å². The standard InChI is InChI=1S/C19H16BrClN2O3/c1-3-26-17-9-12(8-16(20)18(17)25-2)7-13(11-22)19(24)23-15-6-4-5-14(21)10-15/h4-10H,3H2,1-2H3,(H,23,24)/b13-7+. The van der Waals surface area contributed by atoms with Crippen LogP contribution < -0.4 is 14.8 Å². The predicted molar refractivity (Wildman–Crippen MR) is 106 cm³/mol. The maximum Gasteiger partial charge on any atom is 0.266 e. The van der Waals surface area contributed by atoms with Gasteiger partial charge >= 0.3 is 0 Å². The molecule has 2 rings (SSSR count). The van der Waals surface area contributed by atoms with E-state index in [0.29, 0.717) is 38.9 Å². The number of benzene rings is 2. The molecule has 0 atom stereocenters. The van der Waals surface area contributed by atoms with Crippen LogP contribution in [0, 0.1) is 11.3 Å². The van der Waals surface area contributed by atoms with Gasteiger partial charge in [-0.15, -0.1) is 0 Å². The third-order valence-corrected chi connectivity index (χ3v) is 4.12. The van der Waals surface area contributed by atoms with Crippen LogP contribution in [0.25, 0.3) is 6.08 Å². The van der Waals surface area contributed by atoms with Gasteiger partial charge in [0, 0.05) is 10.7 Å². The first-order valence-corrected chi connectivity index (χ1v) is 8.84. The molecule has 134 valence electrons. The van der Waals surface area contributed by atoms with E-state index in [1.165, 1.54) is 13.2 Å². The molecule has 2 aromatic rings. The summed E-state index contributed by atoms with van der Waals surface area (Å²) in [6, 6.07) is 12.1. The molecule has 2 aromatic carbocycles. The number of anilines is 1. The fraction of sp³-hybridized carbons (Fsp3) is 0.158. The number of rotatable bonds is 6. The number of carbonyl (C=O) groups is 1. The van der Waals surface area contributed by atoms with E-state index in [1.54, 1.807) is 36.4 Å². The fourth-order valence-corrected chi connectivity index (χ4v) is 3.02. The minimum Gasteiger partial charge on any atom is -0.492 e. The van der Waals surface area contributed by atoms with Crippen molar-refractivity contribution in [3.63, 3.8) is 0 Å². The summed E-state index contributed by atoms with van der Waals surface area (Å²) in [5.74, 6) is 0.536. The van der Waals surface area contributed by atoms with Crippen molar-refractivity contribution in [2.24, 2.45) is 0 Å². The van der Waals surface area contributed by atoms with E-state index in [-0.39, 0.29) is 5.57 Å². The highest BCUT2D eigenvalue weighted by atomic mass is 79.9. The summed E-state index contributed by atoms with van der Waals surface area (Å²) in [5, 5.41) is 12.5. The summed E-state index contributed by atoms with van der Waals surface area (Å²) < 4.78 is 11.5. The Morgan fingerprint density at radius 2 is 2.15 bits per heavy atom. The fourth-order valence-electron chi connectivity index (χ4n) is 2.21. The van der Waals surface area contributed by atoms with Crippen molar-refractivity contribution in [2.45, 2.75) is 6.92 Å². The molecule has 0 aliphatic rings. The summed E-state index contributed by atoms with van der Waals surface area (Å²) in [5.41, 5.74) is 1.08. The zero-order chi connectivity index (χ0) is 19.1. The number of nitriles is 1. The lowest BCUT2D eigenvalue weighted by Crippen LogP contribution is -2.13. The normalized spacial score (nSPS) is 10.8. The third-order valence-electron chi connectivity index (χ3n) is 3.29. The van der Waals surface area contributed by atoms with Crippen molar-refractivity contribution in [3.05, 3.63) is 57.0 Å². The van der Waals surface area contributed by atoms with Crippen LogP contribution in [-0.2, 0) is 4.79 Å². The number of ether oxygens (including phenoxy) is 2. The molecule has 0 aromatic heterocycles. The SMILES string of the molecule is CCOc1cc(/C=C(\C#N)C(=O)Nc2cccc(Cl)c2)cc(Br)c1OC. The Labute approximate surface area is 165 Å². The van der Waals surface area contributed by atoms with E-state index in [4.69, 9.17) is 21.1 Å². The molecule has 0 unspecified atom stereocenters. The molecule has 0 aliphatic heterocycles. The summed E-state index contributed by atoms with van der Waals surface area (Å²) in [7, 11) is 1.54. The predicted octanol–water partition coefficient (Wildman–Crippen LogP) is 5.06. The highest BCUT2D eigenvalue weighted by Gasteiger charge is 2.13. The average Bonchev–Trinajstić information content (AvgIpc) is 2.59. The quantitative estimate of drug-likeness (QED) is 0.509. The Balaban J connectivity index is 2.33. The molecule has 0 radical (unpaired) electrons. The van der Waals surface area contributed by atoms with E-state index in [0.717, 1.165) is 0 Å². The molecular weight excluding hydrogens is 420 g/mol. The van der Waals surface area contributed by atoms with Gasteiger partial charge in [0.2, 0.25) is 0 Å². The van der Waals surface area contributed by atoms with Crippen molar-refractivity contribution in [1.29, 1.82) is 5.26 Å². The number of carbonyl (C=O) groups excluding carboxylic acids is 1. The van der Waals surface area contributed by atoms with Crippen LogP contribution >= 0.6 is 27.5 Å². The van der Waals surface area contributed by atoms with Crippen LogP contribution in [0.3, 0.4) is 0 Å². The average molecular weight is 436 g/mol. The first-order valence-electron chi connectivity index (χ1n) is 7.67. The lowest BCUT2D eigenvalue weighted by molar-refractivity contribution is -0.112. The molecule has 0 saturated carbocycles. The van der Waals surface area contributed by atoms with Crippen LogP contribution in [0.1, 0.15) is 12.5 Å². The Bertz CT molecular complexity index is 891. The van der Waals surface area contributed by atoms with Gasteiger partial charge in [-0.25, -0.2) is 0 Å². The van der Waals surface area contributed by atoms with Crippen LogP contribution in [0.4, 0.5) is 5.69 Å². The lowest BCUT2D eigenvalue weighted by atomic mass is 10.1. The summed E-state index contributed by atoms with van der Waals surface area (Å²) in [6.07, 6.45) is 1.48. The van der Waals surface area contributed by atoms with Crippen LogP contribution in [0.5, 0.6) is 11.5 Å². The van der Waals surface area contributed by atoms with Gasteiger partial charge in [0.25, 0.3) is 5.91 Å². The lowest BCUT2D eigenvalue weighted by Gasteiger charge is -2.12. The van der Waals surface area contributed by atoms with Gasteiger partial charge in [-0.3, -0.25) is 4.79 Å². The van der Waals surface area contributed by atoms with Crippen molar-refractivity contribution < 1.29 is 14.3 Å². The van der Waals surface area contributed by atoms with E-state index in [2.05, 4.69) is 21.2 Å². The molecule has 0 aliphatic carbocycles. The molecule has 1 N–H and O–H groups in total. The Kier molecular flexibility index (Phi) is 7.07. The van der Waals surface area contributed by atoms with E-state index in [1.807, 2.05) is 13.0 Å². The molecule has 0 heterocycles. The Hall–Kier alpha value is -2.49. The van der Waals surface area contributed by atoms with Gasteiger partial charge in [-0.1, -0.05) is 17.7 Å². The molecule has 1 amide bonds. The van der Waals surface area contributed by atoms with Gasteiger partial charge in [0.15, 0.2) is 11.5 Å². The minimum absolute atomic E-state index is 0.0514. The van der Waals surface area contributed by atoms with Crippen molar-refractivity contribution in [1.82, 2.24) is 0 Å². The smallest absolute Gasteiger partial charge is 0.266 e. The third kappa shape index (κ3) is 5.01. The first kappa shape index (κ1) is 19.8. The summed E-state index contributed by atoms with van der Waals surface area (Å²) >= 11 is 9.31. The molecular formula is C19H16BrClN2O3. The van der Waals surface area contributed by atoms with Gasteiger partial charge in [-0.2, -0.15) is 5.26 Å². The zero-order valence-corrected chi connectivity index (χ0v) is 16.5. The maximum atomic E-state index is 12.4. The van der Waals surface area contributed by atoms with Crippen molar-refractivity contribution >= 4 is 45.2 Å². The second kappa shape index (κ2) is 9.27. The zero-order valence-electron chi connectivity index (χ0n) is 14.2. The molecule has 0 bridgehead atoms. The number of methoxy groups -OCH3 is 1. The van der Waals surface area contributed by atoms with E-state index < -0.39 is 5.91 Å². The number of halogens is 2. The number of nitrogens with zero attached hydrogens (tertiary/aromatic N) is 1. The molecule has 5 nitrogen and oxygen atoms in total. The maximum absolute atomic E-state index is 12.4. The number of nitrogens with one attached hydrogen (secondary N) is 1. The highest BCUT2D eigenvalue weighted by Crippen LogP contribution is 2.37. The van der Waals surface area contributed by atoms with E-state index >= 15 is 0 Å². The van der Waals surface area contributed by atoms with Gasteiger partial charge in [0.1, 0.15) is 11.6 Å². The number of amides is 1. The number of hydrogen-bond donors (Lipinski definition) is 1. The second-order valence-electron chi connectivity index (χ2n) is 5.10. The highest BCUT2D eigenvalue weighted by molar-refractivity contribution is 9.10. The summed E-state index contributed by atoms with van der Waals surface area (Å²) in [4.78, 5) is 12.4. The largest absolute Gasteiger partial charge is 0.492 e. The molecule has 26 heavy (non-hydrogen) atoms. The Morgan fingerprint density at radius 1 is 1.38 bits per heavy atom. The van der Waals surface area contributed by atoms with Gasteiger partial charge in [0.05, 0.1) is 18.2 Å². The van der Waals surface area contributed by atoms with Gasteiger partial charge in [-0.05, 0) is 64.8 Å². The summed E-state index contributed by atoms with van der Waals surface area (Å²) in [6.45, 7) is 2.31. The van der Waals surface area contributed by atoms with Crippen LogP contribution in [0.15, 0.2) is 46.4 Å². The van der Waals surface area contributed by atoms with Crippen LogP contribution in [-0.4, -0.2) is 19.6 Å². The van der Waals surface area contributed by atoms with Crippen molar-refractivity contribution in [3.8, 4) is 17.6 Å². The van der Waals surface area contributed by atoms with Crippen LogP contribution in [0.2, 0.25) is 5.02 Å². The Morgan fingerprint density at radius 3 is 2.77 bits per heavy atom. The second-order valence-corrected chi connectivity index (χ2v) is 6.39. The minimum atomic E-state index is -0.528. The molecule has 0 spiro atoms.